The van der Waals surface area contributed by atoms with Gasteiger partial charge in [0, 0.05) is 33.8 Å². The Hall–Kier alpha value is -2.18. The molecule has 6 heteroatoms. The van der Waals surface area contributed by atoms with Crippen LogP contribution in [0.15, 0.2) is 30.5 Å². The number of ether oxygens (including phenoxy) is 1. The van der Waals surface area contributed by atoms with Gasteiger partial charge in [0.1, 0.15) is 5.75 Å². The maximum absolute atomic E-state index is 12.0. The number of anilines is 1. The molecule has 2 aromatic rings. The maximum Gasteiger partial charge on any atom is 0.248 e. The van der Waals surface area contributed by atoms with Gasteiger partial charge >= 0.3 is 0 Å². The number of amides is 1. The quantitative estimate of drug-likeness (QED) is 0.812. The molecule has 0 bridgehead atoms. The van der Waals surface area contributed by atoms with E-state index in [1.54, 1.807) is 41.8 Å². The molecule has 0 spiro atoms. The van der Waals surface area contributed by atoms with Gasteiger partial charge in [-0.15, -0.1) is 11.3 Å². The van der Waals surface area contributed by atoms with Crippen LogP contribution in [0.1, 0.15) is 36.2 Å². The fourth-order valence-corrected chi connectivity index (χ4v) is 2.91. The third kappa shape index (κ3) is 4.66. The average Bonchev–Trinajstić information content (AvgIpc) is 3.02. The Morgan fingerprint density at radius 1 is 1.42 bits per heavy atom. The van der Waals surface area contributed by atoms with Crippen LogP contribution < -0.4 is 10.1 Å². The molecule has 0 saturated heterocycles. The topological polar surface area (TPSA) is 71.5 Å². The number of hydrogen-bond donors (Lipinski definition) is 2. The molecule has 1 aromatic heterocycles. The highest BCUT2D eigenvalue weighted by Crippen LogP contribution is 2.27. The third-order valence-electron chi connectivity index (χ3n) is 3.28. The minimum Gasteiger partial charge on any atom is -0.496 e. The van der Waals surface area contributed by atoms with Gasteiger partial charge in [0.05, 0.1) is 18.7 Å². The van der Waals surface area contributed by atoms with Gasteiger partial charge in [0.15, 0.2) is 0 Å². The molecule has 0 fully saturated rings. The normalized spacial score (nSPS) is 11.7. The van der Waals surface area contributed by atoms with Crippen molar-refractivity contribution in [2.45, 2.75) is 32.8 Å². The number of nitrogens with zero attached hydrogens (tertiary/aromatic N) is 1. The van der Waals surface area contributed by atoms with E-state index in [0.29, 0.717) is 17.0 Å². The number of rotatable bonds is 5. The molecular weight excluding hydrogens is 324 g/mol. The second-order valence-electron chi connectivity index (χ2n) is 6.33. The molecule has 5 nitrogen and oxygen atoms in total. The highest BCUT2D eigenvalue weighted by Gasteiger charge is 2.17. The summed E-state index contributed by atoms with van der Waals surface area (Å²) in [6.07, 6.45) is 4.99. The minimum absolute atomic E-state index is 0.00278. The van der Waals surface area contributed by atoms with Gasteiger partial charge in [-0.25, -0.2) is 4.98 Å². The molecular formula is C18H22N2O3S. The second kappa shape index (κ2) is 7.59. The first-order valence-corrected chi connectivity index (χ1v) is 8.38. The fourth-order valence-electron chi connectivity index (χ4n) is 2.03. The SMILES string of the molecule is COc1ccc(NC(=O)/C=C/c2cnc(C(C)(C)C)s2)cc1CO. The lowest BCUT2D eigenvalue weighted by molar-refractivity contribution is -0.111. The van der Waals surface area contributed by atoms with Gasteiger partial charge in [0.25, 0.3) is 0 Å². The monoisotopic (exact) mass is 346 g/mol. The van der Waals surface area contributed by atoms with Gasteiger partial charge < -0.3 is 15.2 Å². The summed E-state index contributed by atoms with van der Waals surface area (Å²) in [4.78, 5) is 17.4. The summed E-state index contributed by atoms with van der Waals surface area (Å²) < 4.78 is 5.14. The van der Waals surface area contributed by atoms with Crippen molar-refractivity contribution in [3.63, 3.8) is 0 Å². The molecule has 1 amide bonds. The van der Waals surface area contributed by atoms with E-state index in [0.717, 1.165) is 9.88 Å². The summed E-state index contributed by atoms with van der Waals surface area (Å²) in [7, 11) is 1.54. The van der Waals surface area contributed by atoms with Crippen LogP contribution in [0.5, 0.6) is 5.75 Å². The lowest BCUT2D eigenvalue weighted by Crippen LogP contribution is -2.09. The van der Waals surface area contributed by atoms with E-state index < -0.39 is 0 Å². The minimum atomic E-state index is -0.241. The standard InChI is InChI=1S/C18H22N2O3S/c1-18(2,3)17-19-10-14(24-17)6-8-16(22)20-13-5-7-15(23-4)12(9-13)11-21/h5-10,21H,11H2,1-4H3,(H,20,22)/b8-6+. The number of carbonyl (C=O) groups is 1. The molecule has 1 aromatic carbocycles. The highest BCUT2D eigenvalue weighted by molar-refractivity contribution is 7.12. The molecule has 2 N–H and O–H groups in total. The lowest BCUT2D eigenvalue weighted by Gasteiger charge is -2.13. The predicted octanol–water partition coefficient (Wildman–Crippen LogP) is 3.59. The van der Waals surface area contributed by atoms with E-state index in [1.165, 1.54) is 13.2 Å². The first kappa shape index (κ1) is 18.2. The smallest absolute Gasteiger partial charge is 0.248 e. The second-order valence-corrected chi connectivity index (χ2v) is 7.39. The summed E-state index contributed by atoms with van der Waals surface area (Å²) in [6.45, 7) is 6.16. The summed E-state index contributed by atoms with van der Waals surface area (Å²) in [5.41, 5.74) is 1.23. The van der Waals surface area contributed by atoms with Crippen molar-refractivity contribution in [3.05, 3.63) is 45.9 Å². The molecule has 0 unspecified atom stereocenters. The summed E-state index contributed by atoms with van der Waals surface area (Å²) >= 11 is 1.57. The molecule has 0 radical (unpaired) electrons. The number of carbonyl (C=O) groups excluding carboxylic acids is 1. The van der Waals surface area contributed by atoms with E-state index in [2.05, 4.69) is 31.1 Å². The van der Waals surface area contributed by atoms with Gasteiger partial charge in [-0.2, -0.15) is 0 Å². The number of nitrogens with one attached hydrogen (secondary N) is 1. The van der Waals surface area contributed by atoms with Gasteiger partial charge in [-0.05, 0) is 24.3 Å². The number of thiazole rings is 1. The maximum atomic E-state index is 12.0. The molecule has 0 aliphatic heterocycles. The van der Waals surface area contributed by atoms with E-state index in [9.17, 15) is 9.90 Å². The van der Waals surface area contributed by atoms with Crippen molar-refractivity contribution in [2.24, 2.45) is 0 Å². The van der Waals surface area contributed by atoms with Crippen molar-refractivity contribution < 1.29 is 14.6 Å². The van der Waals surface area contributed by atoms with Crippen LogP contribution in [0.25, 0.3) is 6.08 Å². The Bertz CT molecular complexity index is 745. The van der Waals surface area contributed by atoms with E-state index in [4.69, 9.17) is 4.74 Å². The summed E-state index contributed by atoms with van der Waals surface area (Å²) in [5, 5.41) is 13.1. The molecule has 0 aliphatic carbocycles. The number of aliphatic hydroxyl groups is 1. The van der Waals surface area contributed by atoms with Crippen molar-refractivity contribution >= 4 is 29.0 Å². The van der Waals surface area contributed by atoms with Crippen LogP contribution in [-0.4, -0.2) is 23.1 Å². The molecule has 128 valence electrons. The van der Waals surface area contributed by atoms with Gasteiger partial charge in [-0.3, -0.25) is 4.79 Å². The third-order valence-corrected chi connectivity index (χ3v) is 4.67. The molecule has 0 atom stereocenters. The zero-order valence-corrected chi connectivity index (χ0v) is 15.1. The van der Waals surface area contributed by atoms with Gasteiger partial charge in [-0.1, -0.05) is 20.8 Å². The van der Waals surface area contributed by atoms with E-state index in [-0.39, 0.29) is 17.9 Å². The van der Waals surface area contributed by atoms with Crippen molar-refractivity contribution in [3.8, 4) is 5.75 Å². The fraction of sp³-hybridized carbons (Fsp3) is 0.333. The molecule has 2 rings (SSSR count). The van der Waals surface area contributed by atoms with E-state index >= 15 is 0 Å². The summed E-state index contributed by atoms with van der Waals surface area (Å²) in [6, 6.07) is 5.13. The summed E-state index contributed by atoms with van der Waals surface area (Å²) in [5.74, 6) is 0.347. The average molecular weight is 346 g/mol. The Kier molecular flexibility index (Phi) is 5.75. The molecule has 0 aliphatic rings. The van der Waals surface area contributed by atoms with Crippen LogP contribution in [0.3, 0.4) is 0 Å². The zero-order valence-electron chi connectivity index (χ0n) is 14.3. The number of methoxy groups -OCH3 is 1. The lowest BCUT2D eigenvalue weighted by atomic mass is 9.98. The van der Waals surface area contributed by atoms with Crippen LogP contribution in [0.2, 0.25) is 0 Å². The highest BCUT2D eigenvalue weighted by atomic mass is 32.1. The van der Waals surface area contributed by atoms with Crippen molar-refractivity contribution in [1.29, 1.82) is 0 Å². The number of benzene rings is 1. The van der Waals surface area contributed by atoms with E-state index in [1.807, 2.05) is 0 Å². The van der Waals surface area contributed by atoms with Crippen LogP contribution in [-0.2, 0) is 16.8 Å². The van der Waals surface area contributed by atoms with Crippen molar-refractivity contribution in [2.75, 3.05) is 12.4 Å². The number of aromatic nitrogens is 1. The van der Waals surface area contributed by atoms with Crippen LogP contribution in [0.4, 0.5) is 5.69 Å². The zero-order chi connectivity index (χ0) is 17.7. The molecule has 0 saturated carbocycles. The van der Waals surface area contributed by atoms with Crippen LogP contribution in [0, 0.1) is 0 Å². The Morgan fingerprint density at radius 2 is 2.17 bits per heavy atom. The Morgan fingerprint density at radius 3 is 2.75 bits per heavy atom. The Labute approximate surface area is 146 Å². The van der Waals surface area contributed by atoms with Crippen molar-refractivity contribution in [1.82, 2.24) is 4.98 Å². The Balaban J connectivity index is 2.04. The number of aliphatic hydroxyl groups excluding tert-OH is 1. The van der Waals surface area contributed by atoms with Gasteiger partial charge in [0.2, 0.25) is 5.91 Å². The first-order chi connectivity index (χ1) is 11.3. The largest absolute Gasteiger partial charge is 0.496 e. The number of hydrogen-bond acceptors (Lipinski definition) is 5. The predicted molar refractivity (Wildman–Crippen MR) is 97.4 cm³/mol. The molecule has 24 heavy (non-hydrogen) atoms. The molecule has 1 heterocycles. The van der Waals surface area contributed by atoms with Crippen LogP contribution >= 0.6 is 11.3 Å². The first-order valence-electron chi connectivity index (χ1n) is 7.56.